The van der Waals surface area contributed by atoms with Crippen LogP contribution in [0.5, 0.6) is 0 Å². The van der Waals surface area contributed by atoms with E-state index in [-0.39, 0.29) is 11.9 Å². The fourth-order valence-corrected chi connectivity index (χ4v) is 4.35. The second-order valence-electron chi connectivity index (χ2n) is 7.38. The number of anilines is 1. The van der Waals surface area contributed by atoms with Crippen LogP contribution in [0.15, 0.2) is 42.5 Å². The summed E-state index contributed by atoms with van der Waals surface area (Å²) in [4.78, 5) is 12.9. The van der Waals surface area contributed by atoms with Crippen molar-refractivity contribution in [2.75, 3.05) is 10.6 Å². The van der Waals surface area contributed by atoms with Crippen molar-refractivity contribution >= 4 is 21.6 Å². The van der Waals surface area contributed by atoms with Gasteiger partial charge in [0, 0.05) is 0 Å². The van der Waals surface area contributed by atoms with E-state index in [0.29, 0.717) is 12.1 Å². The Morgan fingerprint density at radius 1 is 1.04 bits per heavy atom. The zero-order valence-corrected chi connectivity index (χ0v) is 18.3. The number of nitrogens with one attached hydrogen (secondary N) is 1. The molecule has 0 bridgehead atoms. The predicted molar refractivity (Wildman–Crippen MR) is 115 cm³/mol. The zero-order valence-electron chi connectivity index (χ0n) is 17.5. The van der Waals surface area contributed by atoms with Crippen molar-refractivity contribution in [3.05, 3.63) is 64.7 Å². The molecule has 0 heterocycles. The highest BCUT2D eigenvalue weighted by Crippen LogP contribution is 2.25. The fraction of sp³-hybridized carbons (Fsp3) is 0.409. The van der Waals surface area contributed by atoms with Crippen LogP contribution >= 0.6 is 0 Å². The highest BCUT2D eigenvalue weighted by molar-refractivity contribution is 7.92. The molecule has 2 rings (SSSR count). The van der Waals surface area contributed by atoms with E-state index in [1.54, 1.807) is 19.1 Å². The van der Waals surface area contributed by atoms with Gasteiger partial charge in [-0.15, -0.1) is 0 Å². The average molecular weight is 403 g/mol. The molecule has 2 aromatic carbocycles. The smallest absolute Gasteiger partial charge is 0.244 e. The summed E-state index contributed by atoms with van der Waals surface area (Å²) in [6.45, 7) is 9.52. The zero-order chi connectivity index (χ0) is 21.1. The van der Waals surface area contributed by atoms with Crippen LogP contribution in [-0.4, -0.2) is 26.6 Å². The Balaban J connectivity index is 2.30. The number of hydrogen-bond acceptors (Lipinski definition) is 3. The van der Waals surface area contributed by atoms with Gasteiger partial charge < -0.3 is 5.32 Å². The topological polar surface area (TPSA) is 66.5 Å². The minimum Gasteiger partial charge on any atom is -0.347 e. The van der Waals surface area contributed by atoms with Crippen molar-refractivity contribution in [1.82, 2.24) is 5.32 Å². The maximum Gasteiger partial charge on any atom is 0.244 e. The van der Waals surface area contributed by atoms with Crippen molar-refractivity contribution in [2.24, 2.45) is 0 Å². The van der Waals surface area contributed by atoms with Crippen molar-refractivity contribution in [2.45, 2.75) is 53.1 Å². The number of hydrogen-bond donors (Lipinski definition) is 1. The van der Waals surface area contributed by atoms with E-state index in [0.717, 1.165) is 28.5 Å². The molecule has 0 aliphatic rings. The van der Waals surface area contributed by atoms with Gasteiger partial charge in [-0.25, -0.2) is 8.42 Å². The van der Waals surface area contributed by atoms with Crippen molar-refractivity contribution in [3.63, 3.8) is 0 Å². The molecular weight excluding hydrogens is 372 g/mol. The SMILES string of the molecule is CC[C@H](NC(=O)[C@@H](C)N(c1ccc(C)c(C)c1)S(C)(=O)=O)c1ccc(C)cc1. The average Bonchev–Trinajstić information content (AvgIpc) is 2.62. The molecule has 2 aromatic rings. The molecule has 0 aliphatic carbocycles. The molecule has 0 saturated heterocycles. The fourth-order valence-electron chi connectivity index (χ4n) is 3.18. The van der Waals surface area contributed by atoms with E-state index in [4.69, 9.17) is 0 Å². The molecule has 0 saturated carbocycles. The van der Waals surface area contributed by atoms with E-state index in [9.17, 15) is 13.2 Å². The van der Waals surface area contributed by atoms with Gasteiger partial charge in [-0.3, -0.25) is 9.10 Å². The molecule has 0 fully saturated rings. The molecular formula is C22H30N2O3S. The molecule has 2 atom stereocenters. The highest BCUT2D eigenvalue weighted by Gasteiger charge is 2.30. The van der Waals surface area contributed by atoms with Crippen LogP contribution < -0.4 is 9.62 Å². The Hall–Kier alpha value is -2.34. The van der Waals surface area contributed by atoms with Gasteiger partial charge in [0.05, 0.1) is 18.0 Å². The van der Waals surface area contributed by atoms with Crippen molar-refractivity contribution < 1.29 is 13.2 Å². The molecule has 6 heteroatoms. The van der Waals surface area contributed by atoms with Crippen LogP contribution in [0.3, 0.4) is 0 Å². The minimum atomic E-state index is -3.63. The minimum absolute atomic E-state index is 0.170. The summed E-state index contributed by atoms with van der Waals surface area (Å²) in [6, 6.07) is 12.4. The third-order valence-corrected chi connectivity index (χ3v) is 6.28. The normalized spacial score (nSPS) is 13.6. The number of benzene rings is 2. The predicted octanol–water partition coefficient (Wildman–Crippen LogP) is 4.03. The highest BCUT2D eigenvalue weighted by atomic mass is 32.2. The summed E-state index contributed by atoms with van der Waals surface area (Å²) in [6.07, 6.45) is 1.84. The summed E-state index contributed by atoms with van der Waals surface area (Å²) >= 11 is 0. The van der Waals surface area contributed by atoms with Gasteiger partial charge in [-0.1, -0.05) is 42.8 Å². The van der Waals surface area contributed by atoms with Gasteiger partial charge in [0.15, 0.2) is 0 Å². The third kappa shape index (κ3) is 5.13. The second kappa shape index (κ2) is 8.78. The van der Waals surface area contributed by atoms with Crippen LogP contribution in [0.4, 0.5) is 5.69 Å². The number of carbonyl (C=O) groups is 1. The molecule has 1 amide bonds. The summed E-state index contributed by atoms with van der Waals surface area (Å²) in [5.41, 5.74) is 4.70. The van der Waals surface area contributed by atoms with Crippen LogP contribution in [0.25, 0.3) is 0 Å². The Bertz CT molecular complexity index is 937. The maximum absolute atomic E-state index is 12.9. The second-order valence-corrected chi connectivity index (χ2v) is 9.24. The Morgan fingerprint density at radius 3 is 2.14 bits per heavy atom. The van der Waals surface area contributed by atoms with E-state index in [2.05, 4.69) is 5.32 Å². The van der Waals surface area contributed by atoms with Gasteiger partial charge in [0.2, 0.25) is 15.9 Å². The standard InChI is InChI=1S/C22H30N2O3S/c1-7-21(19-11-8-15(2)9-12-19)23-22(25)18(5)24(28(6,26)27)20-13-10-16(3)17(4)14-20/h8-14,18,21H,7H2,1-6H3,(H,23,25)/t18-,21+/m1/s1. The summed E-state index contributed by atoms with van der Waals surface area (Å²) in [5, 5.41) is 3.01. The van der Waals surface area contributed by atoms with E-state index in [1.807, 2.05) is 58.0 Å². The Morgan fingerprint density at radius 2 is 1.64 bits per heavy atom. The Labute approximate surface area is 168 Å². The van der Waals surface area contributed by atoms with Gasteiger partial charge in [0.25, 0.3) is 0 Å². The third-order valence-electron chi connectivity index (χ3n) is 5.04. The number of sulfonamides is 1. The lowest BCUT2D eigenvalue weighted by Gasteiger charge is -2.30. The van der Waals surface area contributed by atoms with E-state index in [1.165, 1.54) is 4.31 Å². The molecule has 0 aromatic heterocycles. The molecule has 1 N–H and O–H groups in total. The van der Waals surface area contributed by atoms with E-state index < -0.39 is 16.1 Å². The molecule has 0 radical (unpaired) electrons. The van der Waals surface area contributed by atoms with Crippen LogP contribution in [0, 0.1) is 20.8 Å². The molecule has 5 nitrogen and oxygen atoms in total. The van der Waals surface area contributed by atoms with Gasteiger partial charge >= 0.3 is 0 Å². The lowest BCUT2D eigenvalue weighted by Crippen LogP contribution is -2.48. The monoisotopic (exact) mass is 402 g/mol. The Kier molecular flexibility index (Phi) is 6.88. The van der Waals surface area contributed by atoms with Crippen LogP contribution in [-0.2, 0) is 14.8 Å². The first-order chi connectivity index (χ1) is 13.0. The first kappa shape index (κ1) is 22.0. The summed E-state index contributed by atoms with van der Waals surface area (Å²) in [5.74, 6) is -0.323. The number of amides is 1. The van der Waals surface area contributed by atoms with Crippen LogP contribution in [0.1, 0.15) is 48.6 Å². The van der Waals surface area contributed by atoms with Gasteiger partial charge in [-0.05, 0) is 62.9 Å². The lowest BCUT2D eigenvalue weighted by molar-refractivity contribution is -0.122. The first-order valence-corrected chi connectivity index (χ1v) is 11.3. The van der Waals surface area contributed by atoms with E-state index >= 15 is 0 Å². The van der Waals surface area contributed by atoms with Gasteiger partial charge in [0.1, 0.15) is 6.04 Å². The number of aryl methyl sites for hydroxylation is 3. The molecule has 152 valence electrons. The van der Waals surface area contributed by atoms with Crippen molar-refractivity contribution in [3.8, 4) is 0 Å². The lowest BCUT2D eigenvalue weighted by atomic mass is 10.0. The summed E-state index contributed by atoms with van der Waals surface area (Å²) in [7, 11) is -3.63. The molecule has 0 aliphatic heterocycles. The molecule has 28 heavy (non-hydrogen) atoms. The largest absolute Gasteiger partial charge is 0.347 e. The number of rotatable bonds is 7. The number of carbonyl (C=O) groups excluding carboxylic acids is 1. The molecule has 0 spiro atoms. The maximum atomic E-state index is 12.9. The van der Waals surface area contributed by atoms with Crippen LogP contribution in [0.2, 0.25) is 0 Å². The van der Waals surface area contributed by atoms with Gasteiger partial charge in [-0.2, -0.15) is 0 Å². The first-order valence-electron chi connectivity index (χ1n) is 9.48. The quantitative estimate of drug-likeness (QED) is 0.760. The summed E-state index contributed by atoms with van der Waals surface area (Å²) < 4.78 is 26.2. The number of nitrogens with zero attached hydrogens (tertiary/aromatic N) is 1. The van der Waals surface area contributed by atoms with Crippen molar-refractivity contribution in [1.29, 1.82) is 0 Å². The molecule has 0 unspecified atom stereocenters.